The monoisotopic (exact) mass is 338 g/mol. The topological polar surface area (TPSA) is 66.0 Å². The summed E-state index contributed by atoms with van der Waals surface area (Å²) in [4.78, 5) is 0. The maximum atomic E-state index is 13.0. The Morgan fingerprint density at radius 2 is 1.17 bits per heavy atom. The van der Waals surface area contributed by atoms with E-state index in [2.05, 4.69) is 0 Å². The highest BCUT2D eigenvalue weighted by Gasteiger charge is 2.10. The number of halogens is 4. The minimum absolute atomic E-state index is 0.0656. The molecule has 0 saturated carbocycles. The predicted octanol–water partition coefficient (Wildman–Crippen LogP) is 3.69. The first kappa shape index (κ1) is 18.8. The number of nitrogens with zero attached hydrogens (tertiary/aromatic N) is 2. The van der Waals surface area contributed by atoms with Crippen molar-refractivity contribution in [1.29, 1.82) is 10.5 Å². The molecule has 0 aromatic heterocycles. The van der Waals surface area contributed by atoms with Gasteiger partial charge in [-0.2, -0.15) is 10.5 Å². The SMILES string of the molecule is COc1cc(OC)c(C#N)cc1F.N#Cc1cc(F)c(F)cc1F. The molecule has 0 unspecified atom stereocenters. The van der Waals surface area contributed by atoms with Gasteiger partial charge in [0, 0.05) is 12.1 Å². The van der Waals surface area contributed by atoms with Gasteiger partial charge in [-0.3, -0.25) is 0 Å². The molecule has 0 N–H and O–H groups in total. The summed E-state index contributed by atoms with van der Waals surface area (Å²) in [6.45, 7) is 0. The van der Waals surface area contributed by atoms with Crippen molar-refractivity contribution >= 4 is 0 Å². The number of nitriles is 2. The van der Waals surface area contributed by atoms with Crippen LogP contribution >= 0.6 is 0 Å². The van der Waals surface area contributed by atoms with Crippen LogP contribution in [-0.2, 0) is 0 Å². The average molecular weight is 338 g/mol. The van der Waals surface area contributed by atoms with Crippen molar-refractivity contribution in [3.05, 3.63) is 58.7 Å². The molecule has 0 radical (unpaired) electrons. The molecule has 0 saturated heterocycles. The molecule has 0 aliphatic carbocycles. The molecule has 0 aliphatic rings. The first-order valence-electron chi connectivity index (χ1n) is 6.24. The second kappa shape index (κ2) is 8.39. The highest BCUT2D eigenvalue weighted by molar-refractivity contribution is 5.48. The Hall–Kier alpha value is -3.26. The Labute approximate surface area is 135 Å². The molecule has 4 nitrogen and oxygen atoms in total. The molecule has 24 heavy (non-hydrogen) atoms. The Kier molecular flexibility index (Phi) is 6.57. The number of hydrogen-bond donors (Lipinski definition) is 0. The van der Waals surface area contributed by atoms with Crippen LogP contribution in [0.15, 0.2) is 24.3 Å². The third kappa shape index (κ3) is 4.37. The van der Waals surface area contributed by atoms with E-state index in [1.54, 1.807) is 0 Å². The van der Waals surface area contributed by atoms with E-state index in [1.807, 2.05) is 6.07 Å². The fraction of sp³-hybridized carbons (Fsp3) is 0.125. The molecule has 0 aliphatic heterocycles. The summed E-state index contributed by atoms with van der Waals surface area (Å²) in [6, 6.07) is 6.48. The third-order valence-corrected chi connectivity index (χ3v) is 2.72. The minimum atomic E-state index is -1.29. The number of benzene rings is 2. The van der Waals surface area contributed by atoms with Crippen molar-refractivity contribution < 1.29 is 27.0 Å². The second-order valence-corrected chi connectivity index (χ2v) is 4.16. The number of methoxy groups -OCH3 is 2. The molecule has 0 bridgehead atoms. The normalized spacial score (nSPS) is 9.17. The van der Waals surface area contributed by atoms with Gasteiger partial charge in [0.2, 0.25) is 0 Å². The standard InChI is InChI=1S/C9H8FNO2.C7H2F3N/c1-12-8-4-9(13-2)7(10)3-6(8)5-11;8-5-2-7(10)6(9)1-4(5)3-11/h3-4H,1-2H3;1-2H. The van der Waals surface area contributed by atoms with E-state index >= 15 is 0 Å². The molecule has 0 heterocycles. The maximum Gasteiger partial charge on any atom is 0.166 e. The van der Waals surface area contributed by atoms with Crippen molar-refractivity contribution in [2.75, 3.05) is 14.2 Å². The lowest BCUT2D eigenvalue weighted by molar-refractivity contribution is 0.373. The van der Waals surface area contributed by atoms with Gasteiger partial charge < -0.3 is 9.47 Å². The largest absolute Gasteiger partial charge is 0.495 e. The van der Waals surface area contributed by atoms with Crippen LogP contribution < -0.4 is 9.47 Å². The number of ether oxygens (including phenoxy) is 2. The lowest BCUT2D eigenvalue weighted by atomic mass is 10.2. The van der Waals surface area contributed by atoms with Gasteiger partial charge in [0.15, 0.2) is 23.2 Å². The first-order valence-corrected chi connectivity index (χ1v) is 6.24. The Morgan fingerprint density at radius 3 is 1.67 bits per heavy atom. The fourth-order valence-electron chi connectivity index (χ4n) is 1.56. The van der Waals surface area contributed by atoms with Gasteiger partial charge in [0.05, 0.1) is 25.3 Å². The van der Waals surface area contributed by atoms with E-state index in [0.29, 0.717) is 17.9 Å². The molecule has 0 amide bonds. The Bertz CT molecular complexity index is 826. The van der Waals surface area contributed by atoms with Gasteiger partial charge in [-0.05, 0) is 12.1 Å². The van der Waals surface area contributed by atoms with Crippen LogP contribution in [0.5, 0.6) is 11.5 Å². The zero-order valence-corrected chi connectivity index (χ0v) is 12.5. The molecule has 2 aromatic rings. The molecular formula is C16H10F4N2O2. The number of rotatable bonds is 2. The van der Waals surface area contributed by atoms with Crippen molar-refractivity contribution in [3.8, 4) is 23.6 Å². The summed E-state index contributed by atoms with van der Waals surface area (Å²) in [5, 5.41) is 16.8. The molecule has 124 valence electrons. The lowest BCUT2D eigenvalue weighted by Crippen LogP contribution is -1.93. The first-order chi connectivity index (χ1) is 11.4. The summed E-state index contributed by atoms with van der Waals surface area (Å²) in [7, 11) is 2.76. The maximum absolute atomic E-state index is 13.0. The molecule has 0 fully saturated rings. The fourth-order valence-corrected chi connectivity index (χ4v) is 1.56. The van der Waals surface area contributed by atoms with Gasteiger partial charge in [0.1, 0.15) is 23.7 Å². The smallest absolute Gasteiger partial charge is 0.166 e. The van der Waals surface area contributed by atoms with E-state index in [1.165, 1.54) is 26.4 Å². The molecule has 2 aromatic carbocycles. The van der Waals surface area contributed by atoms with Crippen molar-refractivity contribution in [3.63, 3.8) is 0 Å². The van der Waals surface area contributed by atoms with Gasteiger partial charge in [0.25, 0.3) is 0 Å². The van der Waals surface area contributed by atoms with Crippen LogP contribution in [0.3, 0.4) is 0 Å². The molecule has 8 heteroatoms. The second-order valence-electron chi connectivity index (χ2n) is 4.16. The van der Waals surface area contributed by atoms with E-state index in [4.69, 9.17) is 20.0 Å². The van der Waals surface area contributed by atoms with Crippen LogP contribution in [0.25, 0.3) is 0 Å². The van der Waals surface area contributed by atoms with Crippen LogP contribution in [0.4, 0.5) is 17.6 Å². The zero-order valence-electron chi connectivity index (χ0n) is 12.5. The van der Waals surface area contributed by atoms with Crippen LogP contribution in [0.2, 0.25) is 0 Å². The van der Waals surface area contributed by atoms with Crippen LogP contribution in [0.1, 0.15) is 11.1 Å². The van der Waals surface area contributed by atoms with E-state index in [9.17, 15) is 17.6 Å². The lowest BCUT2D eigenvalue weighted by Gasteiger charge is -2.06. The van der Waals surface area contributed by atoms with E-state index < -0.39 is 28.8 Å². The van der Waals surface area contributed by atoms with Crippen LogP contribution in [-0.4, -0.2) is 14.2 Å². The predicted molar refractivity (Wildman–Crippen MR) is 75.3 cm³/mol. The highest BCUT2D eigenvalue weighted by atomic mass is 19.2. The summed E-state index contributed by atoms with van der Waals surface area (Å²) in [5.41, 5.74) is -0.343. The third-order valence-electron chi connectivity index (χ3n) is 2.72. The van der Waals surface area contributed by atoms with Crippen molar-refractivity contribution in [1.82, 2.24) is 0 Å². The van der Waals surface area contributed by atoms with Gasteiger partial charge in [-0.25, -0.2) is 17.6 Å². The van der Waals surface area contributed by atoms with E-state index in [-0.39, 0.29) is 11.3 Å². The highest BCUT2D eigenvalue weighted by Crippen LogP contribution is 2.27. The zero-order chi connectivity index (χ0) is 18.3. The van der Waals surface area contributed by atoms with E-state index in [0.717, 1.165) is 6.07 Å². The van der Waals surface area contributed by atoms with Crippen molar-refractivity contribution in [2.45, 2.75) is 0 Å². The van der Waals surface area contributed by atoms with Gasteiger partial charge in [-0.1, -0.05) is 0 Å². The average Bonchev–Trinajstić information content (AvgIpc) is 2.58. The van der Waals surface area contributed by atoms with Crippen LogP contribution in [0, 0.1) is 45.9 Å². The van der Waals surface area contributed by atoms with Crippen molar-refractivity contribution in [2.24, 2.45) is 0 Å². The summed E-state index contributed by atoms with van der Waals surface area (Å²) >= 11 is 0. The minimum Gasteiger partial charge on any atom is -0.495 e. The Balaban J connectivity index is 0.000000243. The van der Waals surface area contributed by atoms with Gasteiger partial charge >= 0.3 is 0 Å². The molecule has 0 atom stereocenters. The molecule has 0 spiro atoms. The summed E-state index contributed by atoms with van der Waals surface area (Å²) in [5.74, 6) is -3.76. The number of hydrogen-bond acceptors (Lipinski definition) is 4. The summed E-state index contributed by atoms with van der Waals surface area (Å²) < 4.78 is 59.4. The molecular weight excluding hydrogens is 328 g/mol. The van der Waals surface area contributed by atoms with Gasteiger partial charge in [-0.15, -0.1) is 0 Å². The molecule has 2 rings (SSSR count). The summed E-state index contributed by atoms with van der Waals surface area (Å²) in [6.07, 6.45) is 0. The quantitative estimate of drug-likeness (QED) is 0.619. The Morgan fingerprint density at radius 1 is 0.667 bits per heavy atom.